The first-order chi connectivity index (χ1) is 8.72. The Kier molecular flexibility index (Phi) is 3.20. The molecule has 2 aliphatic rings. The number of amides is 1. The van der Waals surface area contributed by atoms with Crippen molar-refractivity contribution < 1.29 is 4.79 Å². The van der Waals surface area contributed by atoms with E-state index in [0.29, 0.717) is 12.5 Å². The van der Waals surface area contributed by atoms with E-state index in [4.69, 9.17) is 0 Å². The van der Waals surface area contributed by atoms with Crippen LogP contribution in [0.5, 0.6) is 0 Å². The summed E-state index contributed by atoms with van der Waals surface area (Å²) in [6, 6.07) is 1.89. The van der Waals surface area contributed by atoms with Gasteiger partial charge >= 0.3 is 0 Å². The lowest BCUT2D eigenvalue weighted by atomic mass is 10.3. The number of anilines is 1. The maximum atomic E-state index is 11.6. The highest BCUT2D eigenvalue weighted by molar-refractivity contribution is 9.10. The maximum absolute atomic E-state index is 11.6. The molecule has 0 aromatic carbocycles. The lowest BCUT2D eigenvalue weighted by molar-refractivity contribution is -0.119. The molecule has 0 radical (unpaired) electrons. The largest absolute Gasteiger partial charge is 0.354 e. The molecule has 1 aromatic heterocycles. The van der Waals surface area contributed by atoms with E-state index in [1.807, 2.05) is 11.0 Å². The van der Waals surface area contributed by atoms with Crippen LogP contribution < -0.4 is 10.2 Å². The first-order valence-corrected chi connectivity index (χ1v) is 7.08. The zero-order chi connectivity index (χ0) is 12.5. The van der Waals surface area contributed by atoms with Gasteiger partial charge in [-0.15, -0.1) is 0 Å². The topological polar surface area (TPSA) is 58.1 Å². The van der Waals surface area contributed by atoms with Crippen LogP contribution in [0.1, 0.15) is 31.0 Å². The van der Waals surface area contributed by atoms with E-state index in [1.54, 1.807) is 0 Å². The number of rotatable bonds is 2. The van der Waals surface area contributed by atoms with Crippen molar-refractivity contribution in [1.29, 1.82) is 0 Å². The van der Waals surface area contributed by atoms with Crippen LogP contribution in [0.3, 0.4) is 0 Å². The fourth-order valence-corrected chi connectivity index (χ4v) is 2.50. The van der Waals surface area contributed by atoms with Crippen LogP contribution in [-0.4, -0.2) is 35.5 Å². The molecule has 3 rings (SSSR count). The van der Waals surface area contributed by atoms with E-state index >= 15 is 0 Å². The molecule has 1 saturated heterocycles. The molecular formula is C12H15BrN4O. The van der Waals surface area contributed by atoms with Crippen LogP contribution in [0.15, 0.2) is 10.7 Å². The van der Waals surface area contributed by atoms with Gasteiger partial charge in [-0.1, -0.05) is 0 Å². The van der Waals surface area contributed by atoms with Crippen molar-refractivity contribution in [3.05, 3.63) is 16.5 Å². The van der Waals surface area contributed by atoms with Gasteiger partial charge in [0.05, 0.1) is 6.54 Å². The molecule has 18 heavy (non-hydrogen) atoms. The highest BCUT2D eigenvalue weighted by atomic mass is 79.9. The van der Waals surface area contributed by atoms with Gasteiger partial charge in [-0.2, -0.15) is 0 Å². The smallest absolute Gasteiger partial charge is 0.239 e. The molecule has 1 aliphatic heterocycles. The van der Waals surface area contributed by atoms with Crippen molar-refractivity contribution in [1.82, 2.24) is 15.3 Å². The summed E-state index contributed by atoms with van der Waals surface area (Å²) in [4.78, 5) is 22.6. The summed E-state index contributed by atoms with van der Waals surface area (Å²) < 4.78 is 0.805. The molecule has 0 spiro atoms. The number of halogens is 1. The monoisotopic (exact) mass is 310 g/mol. The Labute approximate surface area is 114 Å². The molecule has 5 nitrogen and oxygen atoms in total. The van der Waals surface area contributed by atoms with E-state index in [0.717, 1.165) is 35.8 Å². The second kappa shape index (κ2) is 4.84. The number of carbonyl (C=O) groups is 1. The molecule has 1 aliphatic carbocycles. The van der Waals surface area contributed by atoms with Gasteiger partial charge in [0.15, 0.2) is 0 Å². The molecule has 6 heteroatoms. The number of nitrogens with zero attached hydrogens (tertiary/aromatic N) is 3. The second-order valence-corrected chi connectivity index (χ2v) is 5.62. The van der Waals surface area contributed by atoms with Crippen LogP contribution >= 0.6 is 15.9 Å². The lowest BCUT2D eigenvalue weighted by Gasteiger charge is -2.20. The van der Waals surface area contributed by atoms with Gasteiger partial charge in [-0.05, 0) is 35.2 Å². The molecule has 1 N–H and O–H groups in total. The van der Waals surface area contributed by atoms with Crippen molar-refractivity contribution in [2.75, 3.05) is 24.5 Å². The Morgan fingerprint density at radius 2 is 2.22 bits per heavy atom. The van der Waals surface area contributed by atoms with Gasteiger partial charge in [0.2, 0.25) is 5.91 Å². The van der Waals surface area contributed by atoms with Crippen molar-refractivity contribution in [3.8, 4) is 0 Å². The quantitative estimate of drug-likeness (QED) is 0.840. The first-order valence-electron chi connectivity index (χ1n) is 6.28. The Hall–Kier alpha value is -1.17. The minimum Gasteiger partial charge on any atom is -0.354 e. The molecule has 1 aromatic rings. The van der Waals surface area contributed by atoms with Crippen molar-refractivity contribution >= 4 is 27.7 Å². The molecule has 0 bridgehead atoms. The number of nitrogens with one attached hydrogen (secondary N) is 1. The van der Waals surface area contributed by atoms with Crippen LogP contribution in [0, 0.1) is 0 Å². The highest BCUT2D eigenvalue weighted by Crippen LogP contribution is 2.39. The van der Waals surface area contributed by atoms with Gasteiger partial charge < -0.3 is 10.2 Å². The molecule has 1 amide bonds. The zero-order valence-corrected chi connectivity index (χ0v) is 11.6. The molecule has 96 valence electrons. The summed E-state index contributed by atoms with van der Waals surface area (Å²) in [6.07, 6.45) is 3.30. The van der Waals surface area contributed by atoms with Crippen LogP contribution in [0.2, 0.25) is 0 Å². The van der Waals surface area contributed by atoms with E-state index in [1.165, 1.54) is 12.8 Å². The second-order valence-electron chi connectivity index (χ2n) is 4.81. The Bertz CT molecular complexity index is 475. The zero-order valence-electron chi connectivity index (χ0n) is 10.0. The van der Waals surface area contributed by atoms with Crippen LogP contribution in [0.25, 0.3) is 0 Å². The third kappa shape index (κ3) is 2.63. The molecule has 2 heterocycles. The van der Waals surface area contributed by atoms with Crippen molar-refractivity contribution in [2.24, 2.45) is 0 Å². The standard InChI is InChI=1S/C12H15BrN4O/c13-9-6-10(16-12(15-9)8-2-3-8)17-5-1-4-14-11(18)7-17/h6,8H,1-5,7H2,(H,14,18). The molecule has 1 saturated carbocycles. The predicted octanol–water partition coefficient (Wildman–Crippen LogP) is 1.44. The molecule has 2 fully saturated rings. The molecular weight excluding hydrogens is 296 g/mol. The van der Waals surface area contributed by atoms with Gasteiger partial charge in [-0.25, -0.2) is 9.97 Å². The normalized spacial score (nSPS) is 20.5. The van der Waals surface area contributed by atoms with Crippen LogP contribution in [0.4, 0.5) is 5.82 Å². The van der Waals surface area contributed by atoms with E-state index in [-0.39, 0.29) is 5.91 Å². The first kappa shape index (κ1) is 11.9. The summed E-state index contributed by atoms with van der Waals surface area (Å²) >= 11 is 3.43. The Morgan fingerprint density at radius 3 is 3.00 bits per heavy atom. The summed E-state index contributed by atoms with van der Waals surface area (Å²) in [6.45, 7) is 1.98. The fourth-order valence-electron chi connectivity index (χ4n) is 2.11. The third-order valence-corrected chi connectivity index (χ3v) is 3.63. The predicted molar refractivity (Wildman–Crippen MR) is 71.5 cm³/mol. The Balaban J connectivity index is 1.87. The van der Waals surface area contributed by atoms with E-state index in [2.05, 4.69) is 31.2 Å². The SMILES string of the molecule is O=C1CN(c2cc(Br)nc(C3CC3)n2)CCCN1. The fraction of sp³-hybridized carbons (Fsp3) is 0.583. The van der Waals surface area contributed by atoms with Crippen LogP contribution in [-0.2, 0) is 4.79 Å². The van der Waals surface area contributed by atoms with Gasteiger partial charge in [0, 0.05) is 25.1 Å². The molecule has 0 unspecified atom stereocenters. The third-order valence-electron chi connectivity index (χ3n) is 3.23. The minimum absolute atomic E-state index is 0.0650. The van der Waals surface area contributed by atoms with E-state index < -0.39 is 0 Å². The molecule has 0 atom stereocenters. The number of hydrogen-bond acceptors (Lipinski definition) is 4. The Morgan fingerprint density at radius 1 is 1.39 bits per heavy atom. The number of aromatic nitrogens is 2. The summed E-state index contributed by atoms with van der Waals surface area (Å²) in [5.74, 6) is 2.34. The van der Waals surface area contributed by atoms with Crippen molar-refractivity contribution in [3.63, 3.8) is 0 Å². The average Bonchev–Trinajstić information content (AvgIpc) is 3.14. The highest BCUT2D eigenvalue weighted by Gasteiger charge is 2.28. The average molecular weight is 311 g/mol. The summed E-state index contributed by atoms with van der Waals surface area (Å²) in [5, 5.41) is 2.87. The van der Waals surface area contributed by atoms with Crippen molar-refractivity contribution in [2.45, 2.75) is 25.2 Å². The summed E-state index contributed by atoms with van der Waals surface area (Å²) in [5.41, 5.74) is 0. The maximum Gasteiger partial charge on any atom is 0.239 e. The minimum atomic E-state index is 0.0650. The summed E-state index contributed by atoms with van der Waals surface area (Å²) in [7, 11) is 0. The van der Waals surface area contributed by atoms with Gasteiger partial charge in [0.25, 0.3) is 0 Å². The number of carbonyl (C=O) groups excluding carboxylic acids is 1. The number of hydrogen-bond donors (Lipinski definition) is 1. The van der Waals surface area contributed by atoms with Gasteiger partial charge in [-0.3, -0.25) is 4.79 Å². The van der Waals surface area contributed by atoms with E-state index in [9.17, 15) is 4.79 Å². The lowest BCUT2D eigenvalue weighted by Crippen LogP contribution is -2.33. The van der Waals surface area contributed by atoms with Gasteiger partial charge in [0.1, 0.15) is 16.2 Å².